The number of aromatic nitrogens is 1. The molecule has 0 aromatic carbocycles. The molecule has 3 heterocycles. The summed E-state index contributed by atoms with van der Waals surface area (Å²) in [5.41, 5.74) is 12.1. The molecular weight excluding hydrogens is 631 g/mol. The molecule has 1 aromatic heterocycles. The predicted molar refractivity (Wildman–Crippen MR) is 215 cm³/mol. The van der Waals surface area contributed by atoms with E-state index >= 15 is 0 Å². The average Bonchev–Trinajstić information content (AvgIpc) is 3.73. The summed E-state index contributed by atoms with van der Waals surface area (Å²) in [7, 11) is 0. The highest BCUT2D eigenvalue weighted by atomic mass is 15.2. The summed E-state index contributed by atoms with van der Waals surface area (Å²) in [5, 5.41) is 4.14. The standard InChI is InChI=1S/C49H51N3/c1-3-13-32(14-4-1)41-31-48(50-44-21-11-9-19-38(41)44)52-47-28-25-35(30-43(47)40-26-23-33-15-7-8-18-37(33)49(40)52)34-24-27-46-42(29-34)39-20-10-12-22-45(39)51(46)36-16-5-2-6-17-36/h1-5,7-8,10,13,15-16,18,20-21,23-29,31-33,35,37-39,42,45-46,48,50H,6,9,11-12,14,17,19,22,30H2. The van der Waals surface area contributed by atoms with Crippen LogP contribution < -0.4 is 5.32 Å². The highest BCUT2D eigenvalue weighted by Gasteiger charge is 2.48. The summed E-state index contributed by atoms with van der Waals surface area (Å²) in [6.45, 7) is 0. The van der Waals surface area contributed by atoms with E-state index in [4.69, 9.17) is 0 Å². The fourth-order valence-electron chi connectivity index (χ4n) is 11.7. The van der Waals surface area contributed by atoms with E-state index in [2.05, 4.69) is 148 Å². The van der Waals surface area contributed by atoms with Crippen LogP contribution in [-0.4, -0.2) is 21.6 Å². The van der Waals surface area contributed by atoms with Crippen LogP contribution in [-0.2, 0) is 6.42 Å². The Hall–Kier alpha value is -4.50. The number of rotatable bonds is 4. The Balaban J connectivity index is 0.981. The Kier molecular flexibility index (Phi) is 7.51. The molecule has 2 aliphatic heterocycles. The molecule has 3 heteroatoms. The van der Waals surface area contributed by atoms with Crippen LogP contribution >= 0.6 is 0 Å². The Morgan fingerprint density at radius 3 is 2.62 bits per heavy atom. The molecule has 0 bridgehead atoms. The van der Waals surface area contributed by atoms with Crippen molar-refractivity contribution in [3.63, 3.8) is 0 Å². The molecule has 1 saturated heterocycles. The third-order valence-corrected chi connectivity index (χ3v) is 14.1. The predicted octanol–water partition coefficient (Wildman–Crippen LogP) is 10.7. The average molecular weight is 682 g/mol. The molecule has 10 aliphatic rings. The van der Waals surface area contributed by atoms with Gasteiger partial charge in [0.25, 0.3) is 0 Å². The molecule has 0 radical (unpaired) electrons. The first-order valence-electron chi connectivity index (χ1n) is 20.5. The van der Waals surface area contributed by atoms with Crippen LogP contribution in [0.25, 0.3) is 12.2 Å². The molecule has 0 amide bonds. The number of hydrogen-bond acceptors (Lipinski definition) is 2. The quantitative estimate of drug-likeness (QED) is 0.319. The van der Waals surface area contributed by atoms with Gasteiger partial charge in [0.1, 0.15) is 6.17 Å². The van der Waals surface area contributed by atoms with E-state index in [0.29, 0.717) is 53.5 Å². The first-order valence-corrected chi connectivity index (χ1v) is 20.5. The number of likely N-dealkylation sites (tertiary alicyclic amines) is 1. The van der Waals surface area contributed by atoms with Crippen molar-refractivity contribution in [3.05, 3.63) is 167 Å². The van der Waals surface area contributed by atoms with Gasteiger partial charge in [-0.1, -0.05) is 121 Å². The van der Waals surface area contributed by atoms with Crippen LogP contribution in [0.1, 0.15) is 86.0 Å². The van der Waals surface area contributed by atoms with Gasteiger partial charge in [0.2, 0.25) is 0 Å². The third kappa shape index (κ3) is 4.91. The van der Waals surface area contributed by atoms with Crippen molar-refractivity contribution in [1.29, 1.82) is 0 Å². The van der Waals surface area contributed by atoms with Gasteiger partial charge in [-0.3, -0.25) is 0 Å². The van der Waals surface area contributed by atoms with Gasteiger partial charge < -0.3 is 14.8 Å². The fraction of sp³-hybridized carbons (Fsp3) is 0.388. The lowest BCUT2D eigenvalue weighted by atomic mass is 9.75. The maximum atomic E-state index is 4.14. The number of nitrogens with one attached hydrogen (secondary N) is 1. The molecule has 1 fully saturated rings. The van der Waals surface area contributed by atoms with Gasteiger partial charge in [-0.05, 0) is 92.7 Å². The minimum atomic E-state index is 0.109. The van der Waals surface area contributed by atoms with Gasteiger partial charge >= 0.3 is 0 Å². The van der Waals surface area contributed by atoms with Gasteiger partial charge in [-0.15, -0.1) is 0 Å². The van der Waals surface area contributed by atoms with Crippen LogP contribution in [0.3, 0.4) is 0 Å². The van der Waals surface area contributed by atoms with Crippen LogP contribution in [0.2, 0.25) is 0 Å². The first-order chi connectivity index (χ1) is 25.8. The molecule has 11 rings (SSSR count). The Morgan fingerprint density at radius 1 is 0.731 bits per heavy atom. The zero-order chi connectivity index (χ0) is 34.2. The Morgan fingerprint density at radius 2 is 1.69 bits per heavy atom. The van der Waals surface area contributed by atoms with E-state index in [1.165, 1.54) is 78.7 Å². The normalized spacial score (nSPS) is 37.2. The summed E-state index contributed by atoms with van der Waals surface area (Å²) in [6, 6.07) is 1.08. The molecule has 262 valence electrons. The molecule has 52 heavy (non-hydrogen) atoms. The van der Waals surface area contributed by atoms with Crippen LogP contribution in [0.5, 0.6) is 0 Å². The maximum Gasteiger partial charge on any atom is 0.123 e. The summed E-state index contributed by atoms with van der Waals surface area (Å²) in [5.74, 6) is 3.29. The smallest absolute Gasteiger partial charge is 0.123 e. The molecule has 10 atom stereocenters. The van der Waals surface area contributed by atoms with Crippen LogP contribution in [0, 0.1) is 35.5 Å². The van der Waals surface area contributed by atoms with E-state index in [9.17, 15) is 0 Å². The fourth-order valence-corrected chi connectivity index (χ4v) is 11.7. The lowest BCUT2D eigenvalue weighted by Crippen LogP contribution is -2.38. The van der Waals surface area contributed by atoms with Crippen molar-refractivity contribution < 1.29 is 0 Å². The largest absolute Gasteiger partial charge is 0.365 e. The van der Waals surface area contributed by atoms with Crippen LogP contribution in [0.15, 0.2) is 144 Å². The van der Waals surface area contributed by atoms with Crippen LogP contribution in [0.4, 0.5) is 0 Å². The molecular formula is C49H51N3. The number of allylic oxidation sites excluding steroid dienone is 19. The topological polar surface area (TPSA) is 20.2 Å². The molecule has 1 aromatic rings. The highest BCUT2D eigenvalue weighted by Crippen LogP contribution is 2.51. The van der Waals surface area contributed by atoms with E-state index in [-0.39, 0.29) is 6.17 Å². The lowest BCUT2D eigenvalue weighted by Gasteiger charge is -2.40. The second kappa shape index (κ2) is 12.6. The molecule has 3 nitrogen and oxygen atoms in total. The Labute approximate surface area is 310 Å². The van der Waals surface area contributed by atoms with E-state index in [1.54, 1.807) is 11.3 Å². The first kappa shape index (κ1) is 31.1. The van der Waals surface area contributed by atoms with Gasteiger partial charge in [-0.25, -0.2) is 0 Å². The molecule has 0 spiro atoms. The molecule has 0 saturated carbocycles. The van der Waals surface area contributed by atoms with E-state index < -0.39 is 0 Å². The van der Waals surface area contributed by atoms with Gasteiger partial charge in [0.05, 0.1) is 6.04 Å². The van der Waals surface area contributed by atoms with Gasteiger partial charge in [0.15, 0.2) is 0 Å². The van der Waals surface area contributed by atoms with Gasteiger partial charge in [-0.2, -0.15) is 0 Å². The third-order valence-electron chi connectivity index (χ3n) is 14.1. The van der Waals surface area contributed by atoms with Crippen molar-refractivity contribution in [2.24, 2.45) is 35.5 Å². The lowest BCUT2D eigenvalue weighted by molar-refractivity contribution is 0.241. The number of hydrogen-bond donors (Lipinski definition) is 1. The maximum absolute atomic E-state index is 4.14. The minimum absolute atomic E-state index is 0.109. The van der Waals surface area contributed by atoms with Gasteiger partial charge in [0, 0.05) is 70.2 Å². The number of fused-ring (bicyclic) bond motifs is 9. The summed E-state index contributed by atoms with van der Waals surface area (Å²) in [6.07, 6.45) is 64.5. The van der Waals surface area contributed by atoms with Crippen molar-refractivity contribution >= 4 is 12.2 Å². The zero-order valence-corrected chi connectivity index (χ0v) is 30.2. The Bertz CT molecular complexity index is 2070. The monoisotopic (exact) mass is 681 g/mol. The molecule has 10 unspecified atom stereocenters. The van der Waals surface area contributed by atoms with Crippen molar-refractivity contribution in [2.75, 3.05) is 0 Å². The summed E-state index contributed by atoms with van der Waals surface area (Å²) >= 11 is 0. The number of nitrogens with zero attached hydrogens (tertiary/aromatic N) is 2. The van der Waals surface area contributed by atoms with E-state index in [1.807, 2.05) is 0 Å². The second-order valence-corrected chi connectivity index (χ2v) is 16.8. The van der Waals surface area contributed by atoms with Crippen molar-refractivity contribution in [2.45, 2.75) is 82.0 Å². The summed E-state index contributed by atoms with van der Waals surface area (Å²) < 4.78 is 2.73. The highest BCUT2D eigenvalue weighted by molar-refractivity contribution is 5.72. The summed E-state index contributed by atoms with van der Waals surface area (Å²) in [4.78, 5) is 2.83. The minimum Gasteiger partial charge on any atom is -0.365 e. The van der Waals surface area contributed by atoms with E-state index in [0.717, 1.165) is 12.8 Å². The molecule has 8 aliphatic carbocycles. The zero-order valence-electron chi connectivity index (χ0n) is 30.2. The van der Waals surface area contributed by atoms with Crippen molar-refractivity contribution in [1.82, 2.24) is 14.8 Å². The molecule has 1 N–H and O–H groups in total. The SMILES string of the molecule is C1=CCCC(N2C3C=CC(C4C=Cc5c(c6c(n5C5C=C(C7C=CC=CC7)C7CCCC=C7N5)C5C=CC=CC5C=C6)C4)=CC3C3C=CCCC32)=C1. The second-order valence-electron chi connectivity index (χ2n) is 16.8. The van der Waals surface area contributed by atoms with Crippen molar-refractivity contribution in [3.8, 4) is 0 Å².